The van der Waals surface area contributed by atoms with Gasteiger partial charge in [0.2, 0.25) is 0 Å². The number of hydrogen-bond donors (Lipinski definition) is 1. The van der Waals surface area contributed by atoms with Crippen LogP contribution in [-0.2, 0) is 15.7 Å². The minimum atomic E-state index is -4.98. The average Bonchev–Trinajstić information content (AvgIpc) is 2.47. The van der Waals surface area contributed by atoms with Crippen LogP contribution in [-0.4, -0.2) is 15.8 Å². The van der Waals surface area contributed by atoms with Crippen molar-refractivity contribution in [3.8, 4) is 0 Å². The third-order valence-corrected chi connectivity index (χ3v) is 1.79. The maximum absolute atomic E-state index is 10.7. The summed E-state index contributed by atoms with van der Waals surface area (Å²) in [5, 5.41) is 0. The lowest BCUT2D eigenvalue weighted by Crippen LogP contribution is -2.16. The lowest BCUT2D eigenvalue weighted by molar-refractivity contribution is -0.342. The maximum Gasteiger partial charge on any atom is 0.194 e. The fourth-order valence-corrected chi connectivity index (χ4v) is 1.06. The summed E-state index contributed by atoms with van der Waals surface area (Å²) in [4.78, 5) is 37.1. The van der Waals surface area contributed by atoms with Gasteiger partial charge in [-0.1, -0.05) is 0 Å². The molecule has 0 spiro atoms. The predicted octanol–water partition coefficient (Wildman–Crippen LogP) is -1.04. The fraction of sp³-hybridized carbons (Fsp3) is 0.333. The summed E-state index contributed by atoms with van der Waals surface area (Å²) in [6.07, 6.45) is 1.23. The van der Waals surface area contributed by atoms with E-state index in [1.807, 2.05) is 0 Å². The first kappa shape index (κ1) is 11.1. The van der Waals surface area contributed by atoms with Gasteiger partial charge in [0, 0.05) is 6.92 Å². The van der Waals surface area contributed by atoms with Crippen LogP contribution in [0.3, 0.4) is 0 Å². The van der Waals surface area contributed by atoms with Gasteiger partial charge in [0.05, 0.1) is 26.3 Å². The predicted molar refractivity (Wildman–Crippen MR) is 41.0 cm³/mol. The van der Waals surface area contributed by atoms with Crippen LogP contribution in [0.2, 0.25) is 0 Å². The summed E-state index contributed by atoms with van der Waals surface area (Å²) in [7, 11) is -4.98. The van der Waals surface area contributed by atoms with Crippen LogP contribution in [0.5, 0.6) is 0 Å². The monoisotopic (exact) mass is 218 g/mol. The van der Waals surface area contributed by atoms with Crippen LogP contribution < -0.4 is 9.79 Å². The van der Waals surface area contributed by atoms with E-state index in [4.69, 9.17) is 0 Å². The first-order valence-corrected chi connectivity index (χ1v) is 5.06. The SMILES string of the molecule is CC(=O)c1ncc(COP(=O)([O-])[O-])[nH]1. The molecule has 1 N–H and O–H groups in total. The molecule has 0 aliphatic rings. The number of rotatable bonds is 4. The second kappa shape index (κ2) is 4.02. The second-order valence-electron chi connectivity index (χ2n) is 2.53. The van der Waals surface area contributed by atoms with E-state index in [1.54, 1.807) is 0 Å². The summed E-state index contributed by atoms with van der Waals surface area (Å²) in [5.41, 5.74) is 0.252. The molecule has 0 saturated heterocycles. The lowest BCUT2D eigenvalue weighted by Gasteiger charge is -2.27. The van der Waals surface area contributed by atoms with Crippen LogP contribution in [0.25, 0.3) is 0 Å². The third kappa shape index (κ3) is 3.39. The number of hydrogen-bond acceptors (Lipinski definition) is 6. The Morgan fingerprint density at radius 1 is 1.71 bits per heavy atom. The van der Waals surface area contributed by atoms with Crippen molar-refractivity contribution in [2.45, 2.75) is 13.5 Å². The molecule has 1 rings (SSSR count). The zero-order chi connectivity index (χ0) is 10.8. The van der Waals surface area contributed by atoms with Gasteiger partial charge in [-0.2, -0.15) is 0 Å². The van der Waals surface area contributed by atoms with E-state index in [1.165, 1.54) is 13.1 Å². The van der Waals surface area contributed by atoms with Crippen molar-refractivity contribution in [2.24, 2.45) is 0 Å². The van der Waals surface area contributed by atoms with Crippen molar-refractivity contribution in [3.05, 3.63) is 17.7 Å². The van der Waals surface area contributed by atoms with E-state index < -0.39 is 14.4 Å². The highest BCUT2D eigenvalue weighted by atomic mass is 31.2. The molecular weight excluding hydrogens is 211 g/mol. The van der Waals surface area contributed by atoms with Gasteiger partial charge in [0.1, 0.15) is 0 Å². The quantitative estimate of drug-likeness (QED) is 0.509. The summed E-state index contributed by atoms with van der Waals surface area (Å²) in [6.45, 7) is 0.861. The van der Waals surface area contributed by atoms with Crippen molar-refractivity contribution in [1.82, 2.24) is 9.97 Å². The first-order chi connectivity index (χ1) is 6.38. The molecule has 14 heavy (non-hydrogen) atoms. The molecule has 0 aliphatic heterocycles. The first-order valence-electron chi connectivity index (χ1n) is 3.60. The molecule has 1 heterocycles. The zero-order valence-electron chi connectivity index (χ0n) is 7.22. The molecule has 1 aromatic heterocycles. The van der Waals surface area contributed by atoms with Crippen molar-refractivity contribution < 1.29 is 23.7 Å². The number of aromatic nitrogens is 2. The number of phosphoric ester groups is 1. The molecule has 0 unspecified atom stereocenters. The smallest absolute Gasteiger partial charge is 0.194 e. The molecule has 0 saturated carbocycles. The molecule has 1 aromatic rings. The van der Waals surface area contributed by atoms with Gasteiger partial charge in [-0.15, -0.1) is 0 Å². The van der Waals surface area contributed by atoms with Gasteiger partial charge < -0.3 is 23.9 Å². The van der Waals surface area contributed by atoms with E-state index in [9.17, 15) is 19.1 Å². The number of imidazole rings is 1. The number of phosphoric acid groups is 1. The molecule has 0 amide bonds. The minimum absolute atomic E-state index is 0.0928. The number of nitrogens with one attached hydrogen (secondary N) is 1. The topological polar surface area (TPSA) is 118 Å². The Bertz CT molecular complexity index is 381. The largest absolute Gasteiger partial charge is 0.790 e. The van der Waals surface area contributed by atoms with E-state index in [0.717, 1.165) is 0 Å². The number of Topliss-reactive ketones (excluding diaryl/α,β-unsaturated/α-hetero) is 1. The molecular formula is C6H7N2O5P-2. The molecule has 0 fully saturated rings. The Balaban J connectivity index is 2.61. The van der Waals surface area contributed by atoms with E-state index in [2.05, 4.69) is 14.5 Å². The molecule has 0 atom stereocenters. The second-order valence-corrected chi connectivity index (χ2v) is 3.69. The van der Waals surface area contributed by atoms with Gasteiger partial charge in [-0.25, -0.2) is 4.98 Å². The maximum atomic E-state index is 10.7. The van der Waals surface area contributed by atoms with Crippen molar-refractivity contribution in [1.29, 1.82) is 0 Å². The standard InChI is InChI=1S/C6H9N2O5P/c1-4(9)6-7-2-5(8-6)3-13-14(10,11)12/h2H,3H2,1H3,(H,7,8)(H2,10,11,12)/p-2. The zero-order valence-corrected chi connectivity index (χ0v) is 8.11. The Morgan fingerprint density at radius 2 is 2.36 bits per heavy atom. The molecule has 0 radical (unpaired) electrons. The Kier molecular flexibility index (Phi) is 3.17. The molecule has 8 heteroatoms. The van der Waals surface area contributed by atoms with Crippen LogP contribution in [0.15, 0.2) is 6.20 Å². The van der Waals surface area contributed by atoms with Crippen LogP contribution >= 0.6 is 7.82 Å². The molecule has 7 nitrogen and oxygen atoms in total. The normalized spacial score (nSPS) is 11.6. The summed E-state index contributed by atoms with van der Waals surface area (Å²) < 4.78 is 14.1. The third-order valence-electron chi connectivity index (χ3n) is 1.34. The number of aromatic amines is 1. The molecule has 0 aliphatic carbocycles. The highest BCUT2D eigenvalue weighted by Gasteiger charge is 2.04. The highest BCUT2D eigenvalue weighted by molar-refractivity contribution is 7.43. The van der Waals surface area contributed by atoms with Crippen LogP contribution in [0.4, 0.5) is 0 Å². The minimum Gasteiger partial charge on any atom is -0.790 e. The lowest BCUT2D eigenvalue weighted by atomic mass is 10.4. The molecule has 0 aromatic carbocycles. The Morgan fingerprint density at radius 3 is 2.79 bits per heavy atom. The van der Waals surface area contributed by atoms with E-state index >= 15 is 0 Å². The number of H-pyrrole nitrogens is 1. The van der Waals surface area contributed by atoms with Crippen molar-refractivity contribution in [2.75, 3.05) is 0 Å². The van der Waals surface area contributed by atoms with Gasteiger partial charge in [0.25, 0.3) is 0 Å². The van der Waals surface area contributed by atoms with Gasteiger partial charge in [-0.05, 0) is 0 Å². The number of carbonyl (C=O) groups is 1. The van der Waals surface area contributed by atoms with Crippen LogP contribution in [0, 0.1) is 0 Å². The number of carbonyl (C=O) groups excluding carboxylic acids is 1. The average molecular weight is 218 g/mol. The number of nitrogens with zero attached hydrogens (tertiary/aromatic N) is 1. The van der Waals surface area contributed by atoms with Gasteiger partial charge in [0.15, 0.2) is 11.6 Å². The molecule has 78 valence electrons. The summed E-state index contributed by atoms with van der Waals surface area (Å²) in [5.74, 6) is -0.195. The van der Waals surface area contributed by atoms with Crippen molar-refractivity contribution >= 4 is 13.6 Å². The van der Waals surface area contributed by atoms with Crippen LogP contribution in [0.1, 0.15) is 23.2 Å². The van der Waals surface area contributed by atoms with Gasteiger partial charge in [-0.3, -0.25) is 4.79 Å². The number of ketones is 1. The van der Waals surface area contributed by atoms with E-state index in [0.29, 0.717) is 0 Å². The Hall–Kier alpha value is -1.01. The fourth-order valence-electron chi connectivity index (χ4n) is 0.760. The Labute approximate surface area is 79.4 Å². The summed E-state index contributed by atoms with van der Waals surface area (Å²) >= 11 is 0. The van der Waals surface area contributed by atoms with Gasteiger partial charge >= 0.3 is 0 Å². The van der Waals surface area contributed by atoms with E-state index in [-0.39, 0.29) is 17.3 Å². The summed E-state index contributed by atoms with van der Waals surface area (Å²) in [6, 6.07) is 0. The highest BCUT2D eigenvalue weighted by Crippen LogP contribution is 2.25. The van der Waals surface area contributed by atoms with Crippen molar-refractivity contribution in [3.63, 3.8) is 0 Å². The molecule has 0 bridgehead atoms.